The van der Waals surface area contributed by atoms with Gasteiger partial charge < -0.3 is 9.84 Å². The van der Waals surface area contributed by atoms with Gasteiger partial charge in [-0.25, -0.2) is 12.7 Å². The van der Waals surface area contributed by atoms with Crippen molar-refractivity contribution in [2.45, 2.75) is 24.1 Å². The number of sulfonamides is 1. The number of nitrogens with zero attached hydrogens (tertiary/aromatic N) is 1. The van der Waals surface area contributed by atoms with Gasteiger partial charge in [-0.2, -0.15) is 0 Å². The van der Waals surface area contributed by atoms with Crippen molar-refractivity contribution in [1.29, 1.82) is 0 Å². The summed E-state index contributed by atoms with van der Waals surface area (Å²) >= 11 is 0. The average molecular weight is 341 g/mol. The maximum absolute atomic E-state index is 12.2. The standard InChI is InChI=1S/C12H14F3NO5S/c1-16(7-3-6-11(17)18)22(19,20)10-5-2-4-9(8-10)21-12(13,14)15/h2,4-5,8H,3,6-7H2,1H3,(H,17,18). The van der Waals surface area contributed by atoms with Crippen LogP contribution in [0.3, 0.4) is 0 Å². The van der Waals surface area contributed by atoms with Gasteiger partial charge in [0, 0.05) is 26.1 Å². The van der Waals surface area contributed by atoms with Crippen molar-refractivity contribution in [3.05, 3.63) is 24.3 Å². The molecule has 0 bridgehead atoms. The van der Waals surface area contributed by atoms with Crippen molar-refractivity contribution in [3.8, 4) is 5.75 Å². The molecule has 1 aromatic rings. The molecule has 0 aromatic heterocycles. The molecule has 10 heteroatoms. The van der Waals surface area contributed by atoms with Crippen LogP contribution in [0.25, 0.3) is 0 Å². The second-order valence-electron chi connectivity index (χ2n) is 4.35. The molecule has 0 amide bonds. The van der Waals surface area contributed by atoms with Crippen LogP contribution in [0.1, 0.15) is 12.8 Å². The van der Waals surface area contributed by atoms with Crippen molar-refractivity contribution in [1.82, 2.24) is 4.31 Å². The van der Waals surface area contributed by atoms with Gasteiger partial charge in [-0.3, -0.25) is 4.79 Å². The first kappa shape index (κ1) is 18.2. The van der Waals surface area contributed by atoms with Gasteiger partial charge >= 0.3 is 12.3 Å². The van der Waals surface area contributed by atoms with Crippen molar-refractivity contribution in [2.75, 3.05) is 13.6 Å². The summed E-state index contributed by atoms with van der Waals surface area (Å²) in [7, 11) is -2.81. The molecule has 0 unspecified atom stereocenters. The van der Waals surface area contributed by atoms with Gasteiger partial charge in [0.25, 0.3) is 0 Å². The number of carboxylic acid groups (broad SMARTS) is 1. The average Bonchev–Trinajstić information content (AvgIpc) is 2.36. The topological polar surface area (TPSA) is 83.9 Å². The van der Waals surface area contributed by atoms with Crippen LogP contribution in [-0.4, -0.2) is 43.8 Å². The highest BCUT2D eigenvalue weighted by Gasteiger charge is 2.31. The Bertz CT molecular complexity index is 630. The Morgan fingerprint density at radius 2 is 2.00 bits per heavy atom. The molecule has 0 heterocycles. The van der Waals surface area contributed by atoms with E-state index in [-0.39, 0.29) is 24.3 Å². The molecule has 1 N–H and O–H groups in total. The van der Waals surface area contributed by atoms with E-state index in [0.29, 0.717) is 0 Å². The molecule has 0 aliphatic carbocycles. The molecular formula is C12H14F3NO5S. The zero-order valence-electron chi connectivity index (χ0n) is 11.5. The van der Waals surface area contributed by atoms with Crippen molar-refractivity contribution in [3.63, 3.8) is 0 Å². The Morgan fingerprint density at radius 3 is 2.55 bits per heavy atom. The molecule has 0 aliphatic rings. The fraction of sp³-hybridized carbons (Fsp3) is 0.417. The monoisotopic (exact) mass is 341 g/mol. The van der Waals surface area contributed by atoms with E-state index >= 15 is 0 Å². The first-order valence-corrected chi connectivity index (χ1v) is 7.50. The van der Waals surface area contributed by atoms with Crippen LogP contribution in [0, 0.1) is 0 Å². The largest absolute Gasteiger partial charge is 0.573 e. The summed E-state index contributed by atoms with van der Waals surface area (Å²) < 4.78 is 65.3. The lowest BCUT2D eigenvalue weighted by molar-refractivity contribution is -0.274. The predicted molar refractivity (Wildman–Crippen MR) is 69.8 cm³/mol. The fourth-order valence-electron chi connectivity index (χ4n) is 1.58. The molecule has 0 fully saturated rings. The number of benzene rings is 1. The highest BCUT2D eigenvalue weighted by molar-refractivity contribution is 7.89. The lowest BCUT2D eigenvalue weighted by Gasteiger charge is -2.17. The summed E-state index contributed by atoms with van der Waals surface area (Å²) in [4.78, 5) is 10.0. The molecule has 0 atom stereocenters. The third-order valence-electron chi connectivity index (χ3n) is 2.61. The van der Waals surface area contributed by atoms with Gasteiger partial charge in [0.2, 0.25) is 10.0 Å². The normalized spacial score (nSPS) is 12.4. The maximum atomic E-state index is 12.2. The van der Waals surface area contributed by atoms with Crippen molar-refractivity contribution < 1.29 is 36.2 Å². The number of aliphatic carboxylic acids is 1. The predicted octanol–water partition coefficient (Wildman–Crippen LogP) is 2.07. The molecule has 0 saturated heterocycles. The Hall–Kier alpha value is -1.81. The van der Waals surface area contributed by atoms with Crippen LogP contribution in [0.4, 0.5) is 13.2 Å². The third-order valence-corrected chi connectivity index (χ3v) is 4.46. The molecule has 6 nitrogen and oxygen atoms in total. The number of rotatable bonds is 7. The minimum absolute atomic E-state index is 0.0704. The Balaban J connectivity index is 2.88. The molecular weight excluding hydrogens is 327 g/mol. The quantitative estimate of drug-likeness (QED) is 0.821. The fourth-order valence-corrected chi connectivity index (χ4v) is 2.83. The summed E-state index contributed by atoms with van der Waals surface area (Å²) in [5.74, 6) is -1.71. The van der Waals surface area contributed by atoms with Crippen LogP contribution in [0.5, 0.6) is 5.75 Å². The number of ether oxygens (including phenoxy) is 1. The Morgan fingerprint density at radius 1 is 1.36 bits per heavy atom. The van der Waals surface area contributed by atoms with Gasteiger partial charge in [0.05, 0.1) is 4.90 Å². The number of hydrogen-bond donors (Lipinski definition) is 1. The first-order valence-electron chi connectivity index (χ1n) is 6.06. The zero-order valence-corrected chi connectivity index (χ0v) is 12.3. The molecule has 0 aliphatic heterocycles. The maximum Gasteiger partial charge on any atom is 0.573 e. The van der Waals surface area contributed by atoms with Crippen LogP contribution in [-0.2, 0) is 14.8 Å². The molecule has 0 saturated carbocycles. The molecule has 124 valence electrons. The first-order chi connectivity index (χ1) is 10.0. The number of halogens is 3. The number of alkyl halides is 3. The molecule has 1 aromatic carbocycles. The lowest BCUT2D eigenvalue weighted by Crippen LogP contribution is -2.28. The van der Waals surface area contributed by atoms with Crippen molar-refractivity contribution >= 4 is 16.0 Å². The van der Waals surface area contributed by atoms with Crippen LogP contribution >= 0.6 is 0 Å². The minimum Gasteiger partial charge on any atom is -0.481 e. The molecule has 1 rings (SSSR count). The summed E-state index contributed by atoms with van der Waals surface area (Å²) in [6.45, 7) is -0.0704. The van der Waals surface area contributed by atoms with E-state index in [0.717, 1.165) is 28.6 Å². The van der Waals surface area contributed by atoms with Gasteiger partial charge in [-0.1, -0.05) is 6.07 Å². The molecule has 0 spiro atoms. The van der Waals surface area contributed by atoms with E-state index in [2.05, 4.69) is 4.74 Å². The number of hydrogen-bond acceptors (Lipinski definition) is 4. The zero-order chi connectivity index (χ0) is 17.0. The third kappa shape index (κ3) is 5.53. The highest BCUT2D eigenvalue weighted by Crippen LogP contribution is 2.26. The van der Waals surface area contributed by atoms with E-state index in [1.807, 2.05) is 0 Å². The summed E-state index contributed by atoms with van der Waals surface area (Å²) in [6.07, 6.45) is -5.04. The van der Waals surface area contributed by atoms with Gasteiger partial charge in [0.15, 0.2) is 0 Å². The Kier molecular flexibility index (Phi) is 5.78. The molecule has 0 radical (unpaired) electrons. The SMILES string of the molecule is CN(CCCC(=O)O)S(=O)(=O)c1cccc(OC(F)(F)F)c1. The number of carboxylic acids is 1. The summed E-state index contributed by atoms with van der Waals surface area (Å²) in [5.41, 5.74) is 0. The minimum atomic E-state index is -4.92. The van der Waals surface area contributed by atoms with E-state index in [1.54, 1.807) is 0 Å². The van der Waals surface area contributed by atoms with Crippen molar-refractivity contribution in [2.24, 2.45) is 0 Å². The Labute approximate surface area is 125 Å². The second-order valence-corrected chi connectivity index (χ2v) is 6.39. The van der Waals surface area contributed by atoms with E-state index < -0.39 is 28.1 Å². The summed E-state index contributed by atoms with van der Waals surface area (Å²) in [6, 6.07) is 4.00. The van der Waals surface area contributed by atoms with Crippen LogP contribution in [0.2, 0.25) is 0 Å². The van der Waals surface area contributed by atoms with Gasteiger partial charge in [-0.05, 0) is 18.6 Å². The molecule has 22 heavy (non-hydrogen) atoms. The van der Waals surface area contributed by atoms with Crippen LogP contribution in [0.15, 0.2) is 29.2 Å². The van der Waals surface area contributed by atoms with E-state index in [4.69, 9.17) is 5.11 Å². The van der Waals surface area contributed by atoms with Gasteiger partial charge in [0.1, 0.15) is 5.75 Å². The second kappa shape index (κ2) is 6.97. The smallest absolute Gasteiger partial charge is 0.481 e. The lowest BCUT2D eigenvalue weighted by atomic mass is 10.3. The van der Waals surface area contributed by atoms with Gasteiger partial charge in [-0.15, -0.1) is 13.2 Å². The summed E-state index contributed by atoms with van der Waals surface area (Å²) in [5, 5.41) is 8.50. The van der Waals surface area contributed by atoms with Crippen LogP contribution < -0.4 is 4.74 Å². The number of carbonyl (C=O) groups is 1. The van der Waals surface area contributed by atoms with E-state index in [9.17, 15) is 26.4 Å². The van der Waals surface area contributed by atoms with E-state index in [1.165, 1.54) is 7.05 Å². The highest BCUT2D eigenvalue weighted by atomic mass is 32.2.